The Bertz CT molecular complexity index is 207. The molecular weight excluding hydrogens is 190 g/mol. The summed E-state index contributed by atoms with van der Waals surface area (Å²) in [5.74, 6) is 3.17. The van der Waals surface area contributed by atoms with Crippen molar-refractivity contribution in [1.29, 1.82) is 0 Å². The van der Waals surface area contributed by atoms with E-state index in [2.05, 4.69) is 5.16 Å². The number of thioether (sulfide) groups is 2. The van der Waals surface area contributed by atoms with Crippen LogP contribution >= 0.6 is 23.5 Å². The summed E-state index contributed by atoms with van der Waals surface area (Å²) in [6, 6.07) is 0. The lowest BCUT2D eigenvalue weighted by Gasteiger charge is -2.25. The second-order valence-corrected chi connectivity index (χ2v) is 6.26. The Morgan fingerprint density at radius 2 is 2.00 bits per heavy atom. The zero-order chi connectivity index (χ0) is 8.60. The molecule has 0 aromatic rings. The molecule has 1 aliphatic heterocycles. The maximum Gasteiger partial charge on any atom is 0.105 e. The fraction of sp³-hybridized carbons (Fsp3) is 0.875. The molecule has 0 bridgehead atoms. The van der Waals surface area contributed by atoms with Gasteiger partial charge in [-0.2, -0.15) is 0 Å². The van der Waals surface area contributed by atoms with E-state index in [1.54, 1.807) is 0 Å². The van der Waals surface area contributed by atoms with Crippen molar-refractivity contribution in [3.8, 4) is 0 Å². The predicted molar refractivity (Wildman–Crippen MR) is 55.3 cm³/mol. The summed E-state index contributed by atoms with van der Waals surface area (Å²) in [5.41, 5.74) is 0.914. The van der Waals surface area contributed by atoms with Gasteiger partial charge in [0, 0.05) is 11.5 Å². The molecular formula is C8H13NOS2. The van der Waals surface area contributed by atoms with Gasteiger partial charge in [-0.1, -0.05) is 5.16 Å². The van der Waals surface area contributed by atoms with Crippen LogP contribution in [0.15, 0.2) is 5.16 Å². The number of rotatable bonds is 2. The summed E-state index contributed by atoms with van der Waals surface area (Å²) in [5, 5.41) is 12.2. The van der Waals surface area contributed by atoms with E-state index in [-0.39, 0.29) is 4.08 Å². The fourth-order valence-electron chi connectivity index (χ4n) is 1.70. The molecule has 2 fully saturated rings. The van der Waals surface area contributed by atoms with Gasteiger partial charge in [-0.25, -0.2) is 0 Å². The molecule has 1 aliphatic carbocycles. The summed E-state index contributed by atoms with van der Waals surface area (Å²) in [7, 11) is 0. The number of hydrogen-bond acceptors (Lipinski definition) is 4. The topological polar surface area (TPSA) is 32.6 Å². The van der Waals surface area contributed by atoms with Gasteiger partial charge in [-0.3, -0.25) is 0 Å². The van der Waals surface area contributed by atoms with Crippen LogP contribution in [0.1, 0.15) is 19.8 Å². The van der Waals surface area contributed by atoms with Crippen LogP contribution < -0.4 is 0 Å². The van der Waals surface area contributed by atoms with Crippen LogP contribution in [0.5, 0.6) is 0 Å². The first-order chi connectivity index (χ1) is 5.79. The highest BCUT2D eigenvalue weighted by atomic mass is 32.2. The van der Waals surface area contributed by atoms with E-state index in [9.17, 15) is 0 Å². The van der Waals surface area contributed by atoms with Crippen molar-refractivity contribution in [2.24, 2.45) is 11.1 Å². The van der Waals surface area contributed by atoms with Gasteiger partial charge in [-0.05, 0) is 25.7 Å². The molecule has 1 N–H and O–H groups in total. The van der Waals surface area contributed by atoms with Crippen LogP contribution in [0.3, 0.4) is 0 Å². The van der Waals surface area contributed by atoms with Crippen LogP contribution in [0.25, 0.3) is 0 Å². The summed E-state index contributed by atoms with van der Waals surface area (Å²) in [6.45, 7) is 1.95. The minimum Gasteiger partial charge on any atom is -0.411 e. The maximum atomic E-state index is 8.80. The molecule has 0 atom stereocenters. The SMILES string of the molecule is C/C(=N\O)C1(C2CC2)SCCS1. The highest BCUT2D eigenvalue weighted by molar-refractivity contribution is 8.22. The van der Waals surface area contributed by atoms with Crippen molar-refractivity contribution >= 4 is 29.2 Å². The summed E-state index contributed by atoms with van der Waals surface area (Å²) in [6.07, 6.45) is 2.62. The molecule has 2 nitrogen and oxygen atoms in total. The van der Waals surface area contributed by atoms with Gasteiger partial charge < -0.3 is 5.21 Å². The lowest BCUT2D eigenvalue weighted by atomic mass is 10.2. The molecule has 68 valence electrons. The second kappa shape index (κ2) is 3.14. The Labute approximate surface area is 81.2 Å². The van der Waals surface area contributed by atoms with E-state index in [1.165, 1.54) is 24.3 Å². The maximum absolute atomic E-state index is 8.80. The average molecular weight is 203 g/mol. The number of nitrogens with zero attached hydrogens (tertiary/aromatic N) is 1. The molecule has 1 heterocycles. The van der Waals surface area contributed by atoms with Gasteiger partial charge in [0.05, 0.1) is 5.71 Å². The van der Waals surface area contributed by atoms with Crippen molar-refractivity contribution < 1.29 is 5.21 Å². The van der Waals surface area contributed by atoms with Gasteiger partial charge in [0.25, 0.3) is 0 Å². The third-order valence-electron chi connectivity index (χ3n) is 2.49. The van der Waals surface area contributed by atoms with Crippen molar-refractivity contribution in [2.75, 3.05) is 11.5 Å². The lowest BCUT2D eigenvalue weighted by Crippen LogP contribution is -2.29. The second-order valence-electron chi connectivity index (χ2n) is 3.32. The molecule has 2 aliphatic rings. The largest absolute Gasteiger partial charge is 0.411 e. The molecule has 1 saturated heterocycles. The Morgan fingerprint density at radius 3 is 2.42 bits per heavy atom. The fourth-order valence-corrected chi connectivity index (χ4v) is 5.25. The van der Waals surface area contributed by atoms with E-state index in [1.807, 2.05) is 30.4 Å². The first kappa shape index (κ1) is 8.75. The van der Waals surface area contributed by atoms with Crippen LogP contribution in [-0.2, 0) is 0 Å². The number of hydrogen-bond donors (Lipinski definition) is 1. The molecule has 0 spiro atoms. The van der Waals surface area contributed by atoms with Crippen LogP contribution in [0, 0.1) is 5.92 Å². The van der Waals surface area contributed by atoms with Crippen LogP contribution in [0.2, 0.25) is 0 Å². The van der Waals surface area contributed by atoms with Gasteiger partial charge in [-0.15, -0.1) is 23.5 Å². The van der Waals surface area contributed by atoms with Crippen molar-refractivity contribution in [2.45, 2.75) is 23.8 Å². The van der Waals surface area contributed by atoms with Crippen molar-refractivity contribution in [3.05, 3.63) is 0 Å². The standard InChI is InChI=1S/C8H13NOS2/c1-6(9-10)8(7-2-3-7)11-4-5-12-8/h7,10H,2-5H2,1H3/b9-6+. The smallest absolute Gasteiger partial charge is 0.105 e. The van der Waals surface area contributed by atoms with E-state index >= 15 is 0 Å². The molecule has 12 heavy (non-hydrogen) atoms. The van der Waals surface area contributed by atoms with E-state index in [0.717, 1.165) is 11.6 Å². The molecule has 0 amide bonds. The van der Waals surface area contributed by atoms with E-state index < -0.39 is 0 Å². The highest BCUT2D eigenvalue weighted by Crippen LogP contribution is 2.58. The van der Waals surface area contributed by atoms with Gasteiger partial charge in [0.2, 0.25) is 0 Å². The average Bonchev–Trinajstić information content (AvgIpc) is 2.84. The van der Waals surface area contributed by atoms with E-state index in [0.29, 0.717) is 0 Å². The highest BCUT2D eigenvalue weighted by Gasteiger charge is 2.50. The zero-order valence-corrected chi connectivity index (χ0v) is 8.75. The third-order valence-corrected chi connectivity index (χ3v) is 6.38. The van der Waals surface area contributed by atoms with Crippen LogP contribution in [-0.4, -0.2) is 26.5 Å². The van der Waals surface area contributed by atoms with Gasteiger partial charge >= 0.3 is 0 Å². The predicted octanol–water partition coefficient (Wildman–Crippen LogP) is 2.42. The molecule has 4 heteroatoms. The monoisotopic (exact) mass is 203 g/mol. The van der Waals surface area contributed by atoms with Crippen LogP contribution in [0.4, 0.5) is 0 Å². The Kier molecular flexibility index (Phi) is 2.29. The molecule has 0 aromatic carbocycles. The molecule has 1 saturated carbocycles. The third kappa shape index (κ3) is 1.25. The molecule has 2 rings (SSSR count). The molecule has 0 radical (unpaired) electrons. The Hall–Kier alpha value is 0.170. The number of oxime groups is 1. The molecule has 0 unspecified atom stereocenters. The Morgan fingerprint density at radius 1 is 1.42 bits per heavy atom. The summed E-state index contributed by atoms with van der Waals surface area (Å²) < 4.78 is 0.148. The molecule has 0 aromatic heterocycles. The summed E-state index contributed by atoms with van der Waals surface area (Å²) in [4.78, 5) is 0. The Balaban J connectivity index is 2.20. The minimum absolute atomic E-state index is 0.148. The van der Waals surface area contributed by atoms with E-state index in [4.69, 9.17) is 5.21 Å². The zero-order valence-electron chi connectivity index (χ0n) is 7.12. The van der Waals surface area contributed by atoms with Crippen molar-refractivity contribution in [3.63, 3.8) is 0 Å². The summed E-state index contributed by atoms with van der Waals surface area (Å²) >= 11 is 3.93. The first-order valence-electron chi connectivity index (χ1n) is 4.26. The quantitative estimate of drug-likeness (QED) is 0.425. The normalized spacial score (nSPS) is 29.2. The van der Waals surface area contributed by atoms with Crippen molar-refractivity contribution in [1.82, 2.24) is 0 Å². The van der Waals surface area contributed by atoms with Gasteiger partial charge in [0.1, 0.15) is 4.08 Å². The minimum atomic E-state index is 0.148. The first-order valence-corrected chi connectivity index (χ1v) is 6.24. The van der Waals surface area contributed by atoms with Gasteiger partial charge in [0.15, 0.2) is 0 Å². The lowest BCUT2D eigenvalue weighted by molar-refractivity contribution is 0.316.